The molecule has 3 aliphatic heterocycles. The van der Waals surface area contributed by atoms with Crippen LogP contribution in [0.3, 0.4) is 0 Å². The lowest BCUT2D eigenvalue weighted by Gasteiger charge is -2.37. The lowest BCUT2D eigenvalue weighted by Crippen LogP contribution is -2.55. The molecule has 48 heavy (non-hydrogen) atoms. The first-order chi connectivity index (χ1) is 22.7. The summed E-state index contributed by atoms with van der Waals surface area (Å²) in [5, 5.41) is 0.639. The number of ether oxygens (including phenoxy) is 2. The molecule has 0 aliphatic carbocycles. The third kappa shape index (κ3) is 8.27. The Hall–Kier alpha value is -4.18. The van der Waals surface area contributed by atoms with Crippen LogP contribution in [0.2, 0.25) is 5.02 Å². The summed E-state index contributed by atoms with van der Waals surface area (Å²) in [5.41, 5.74) is 3.67. The number of Topliss-reactive ketones (excluding diaryl/α,β-unsaturated/α-hetero) is 1. The summed E-state index contributed by atoms with van der Waals surface area (Å²) in [7, 11) is 0. The molecule has 0 radical (unpaired) electrons. The highest BCUT2D eigenvalue weighted by atomic mass is 35.5. The van der Waals surface area contributed by atoms with E-state index in [1.807, 2.05) is 62.9 Å². The first kappa shape index (κ1) is 35.1. The second-order valence-electron chi connectivity index (χ2n) is 13.9. The van der Waals surface area contributed by atoms with Crippen LogP contribution in [0.15, 0.2) is 48.9 Å². The van der Waals surface area contributed by atoms with E-state index in [1.165, 1.54) is 4.90 Å². The van der Waals surface area contributed by atoms with Gasteiger partial charge in [0.15, 0.2) is 12.6 Å². The molecule has 2 aromatic carbocycles. The second-order valence-corrected chi connectivity index (χ2v) is 14.3. The molecule has 3 aliphatic rings. The standard InChI is InChI=1S/C37H44ClN3O7/c1-23-6-7-26(20-31(23)38)19-29(42)10-8-25-9-11-30-28(18-25)21-40(34(30)44)32-12-13-33(43)41(35(32)45)22-47-36(46)27-14-16-39(17-15-27)24(2)48-37(3,4)5/h6-7,9,11,18,20,27,32H,2,8,10,12-17,19,21-22H2,1,3-5H3. The molecular weight excluding hydrogens is 634 g/mol. The van der Waals surface area contributed by atoms with Crippen LogP contribution in [-0.4, -0.2) is 75.6 Å². The van der Waals surface area contributed by atoms with Gasteiger partial charge in [-0.15, -0.1) is 0 Å². The highest BCUT2D eigenvalue weighted by molar-refractivity contribution is 6.31. The second kappa shape index (κ2) is 14.5. The Morgan fingerprint density at radius 2 is 1.71 bits per heavy atom. The molecule has 2 fully saturated rings. The fraction of sp³-hybridized carbons (Fsp3) is 0.486. The van der Waals surface area contributed by atoms with Crippen LogP contribution >= 0.6 is 11.6 Å². The van der Waals surface area contributed by atoms with Crippen LogP contribution in [0.4, 0.5) is 0 Å². The zero-order valence-corrected chi connectivity index (χ0v) is 28.9. The molecule has 5 rings (SSSR count). The van der Waals surface area contributed by atoms with Gasteiger partial charge < -0.3 is 19.3 Å². The molecule has 3 amide bonds. The first-order valence-corrected chi connectivity index (χ1v) is 16.9. The van der Waals surface area contributed by atoms with E-state index in [4.69, 9.17) is 21.1 Å². The van der Waals surface area contributed by atoms with E-state index >= 15 is 0 Å². The number of carbonyl (C=O) groups is 5. The number of nitrogens with zero attached hydrogens (tertiary/aromatic N) is 3. The van der Waals surface area contributed by atoms with Crippen LogP contribution < -0.4 is 0 Å². The van der Waals surface area contributed by atoms with Crippen LogP contribution in [0.25, 0.3) is 0 Å². The third-order valence-electron chi connectivity index (χ3n) is 9.13. The molecule has 2 saturated heterocycles. The van der Waals surface area contributed by atoms with E-state index in [9.17, 15) is 24.0 Å². The van der Waals surface area contributed by atoms with Crippen molar-refractivity contribution in [2.24, 2.45) is 5.92 Å². The molecule has 1 atom stereocenters. The van der Waals surface area contributed by atoms with Gasteiger partial charge in [0, 0.05) is 49.5 Å². The number of carbonyl (C=O) groups excluding carboxylic acids is 5. The molecule has 1 unspecified atom stereocenters. The van der Waals surface area contributed by atoms with Crippen LogP contribution in [0.1, 0.15) is 85.5 Å². The summed E-state index contributed by atoms with van der Waals surface area (Å²) < 4.78 is 11.3. The molecular formula is C37H44ClN3O7. The van der Waals surface area contributed by atoms with Crippen molar-refractivity contribution in [2.75, 3.05) is 19.8 Å². The zero-order valence-electron chi connectivity index (χ0n) is 28.2. The maximum atomic E-state index is 13.5. The van der Waals surface area contributed by atoms with Crippen molar-refractivity contribution in [1.82, 2.24) is 14.7 Å². The zero-order chi connectivity index (χ0) is 34.7. The normalized spacial score (nSPS) is 18.6. The van der Waals surface area contributed by atoms with Crippen molar-refractivity contribution >= 4 is 41.1 Å². The summed E-state index contributed by atoms with van der Waals surface area (Å²) in [4.78, 5) is 69.7. The van der Waals surface area contributed by atoms with Gasteiger partial charge in [-0.3, -0.25) is 24.0 Å². The number of rotatable bonds is 11. The number of piperidine rings is 2. The molecule has 0 bridgehead atoms. The fourth-order valence-electron chi connectivity index (χ4n) is 6.42. The number of imide groups is 1. The third-order valence-corrected chi connectivity index (χ3v) is 9.54. The highest BCUT2D eigenvalue weighted by Crippen LogP contribution is 2.31. The summed E-state index contributed by atoms with van der Waals surface area (Å²) in [6, 6.07) is 10.3. The summed E-state index contributed by atoms with van der Waals surface area (Å²) in [6.07, 6.45) is 2.50. The Morgan fingerprint density at radius 3 is 2.40 bits per heavy atom. The number of aryl methyl sites for hydroxylation is 2. The maximum Gasteiger partial charge on any atom is 0.310 e. The molecule has 0 spiro atoms. The SMILES string of the molecule is C=C(OC(C)(C)C)N1CCC(C(=O)OCN2C(=O)CCC(N3Cc4cc(CCC(=O)Cc5ccc(C)c(Cl)c5)ccc4C3=O)C2=O)CC1. The van der Waals surface area contributed by atoms with Gasteiger partial charge >= 0.3 is 5.97 Å². The molecule has 0 saturated carbocycles. The molecule has 0 N–H and O–H groups in total. The minimum atomic E-state index is -0.843. The van der Waals surface area contributed by atoms with Gasteiger partial charge in [-0.2, -0.15) is 0 Å². The van der Waals surface area contributed by atoms with Crippen molar-refractivity contribution in [3.63, 3.8) is 0 Å². The van der Waals surface area contributed by atoms with Gasteiger partial charge in [-0.1, -0.05) is 35.9 Å². The lowest BCUT2D eigenvalue weighted by atomic mass is 9.97. The van der Waals surface area contributed by atoms with E-state index in [-0.39, 0.29) is 42.6 Å². The number of likely N-dealkylation sites (tertiary alicyclic amines) is 2. The molecule has 0 aromatic heterocycles. The van der Waals surface area contributed by atoms with Crippen LogP contribution in [-0.2, 0) is 48.0 Å². The molecule has 10 nitrogen and oxygen atoms in total. The predicted octanol–water partition coefficient (Wildman–Crippen LogP) is 5.37. The van der Waals surface area contributed by atoms with E-state index in [2.05, 4.69) is 6.58 Å². The topological polar surface area (TPSA) is 114 Å². The maximum absolute atomic E-state index is 13.5. The monoisotopic (exact) mass is 677 g/mol. The Kier molecular flexibility index (Phi) is 10.6. The quantitative estimate of drug-likeness (QED) is 0.177. The smallest absolute Gasteiger partial charge is 0.310 e. The van der Waals surface area contributed by atoms with Gasteiger partial charge in [0.1, 0.15) is 17.4 Å². The van der Waals surface area contributed by atoms with Crippen molar-refractivity contribution in [1.29, 1.82) is 0 Å². The van der Waals surface area contributed by atoms with Crippen LogP contribution in [0.5, 0.6) is 0 Å². The number of hydrogen-bond donors (Lipinski definition) is 0. The van der Waals surface area contributed by atoms with Crippen LogP contribution in [0, 0.1) is 12.8 Å². The number of esters is 1. The Morgan fingerprint density at radius 1 is 1.00 bits per heavy atom. The fourth-order valence-corrected chi connectivity index (χ4v) is 6.63. The minimum absolute atomic E-state index is 0.0575. The number of ketones is 1. The molecule has 256 valence electrons. The number of fused-ring (bicyclic) bond motifs is 1. The van der Waals surface area contributed by atoms with Crippen molar-refractivity contribution in [3.05, 3.63) is 81.7 Å². The van der Waals surface area contributed by atoms with Crippen molar-refractivity contribution in [3.8, 4) is 0 Å². The Labute approximate surface area is 287 Å². The number of hydrogen-bond acceptors (Lipinski definition) is 8. The molecule has 2 aromatic rings. The lowest BCUT2D eigenvalue weighted by molar-refractivity contribution is -0.167. The van der Waals surface area contributed by atoms with E-state index < -0.39 is 30.6 Å². The summed E-state index contributed by atoms with van der Waals surface area (Å²) in [6.45, 7) is 12.7. The minimum Gasteiger partial charge on any atom is -0.474 e. The summed E-state index contributed by atoms with van der Waals surface area (Å²) in [5.74, 6) is -1.43. The van der Waals surface area contributed by atoms with Gasteiger partial charge in [-0.05, 0) is 94.3 Å². The van der Waals surface area contributed by atoms with E-state index in [1.54, 1.807) is 6.07 Å². The van der Waals surface area contributed by atoms with Crippen molar-refractivity contribution < 1.29 is 33.4 Å². The van der Waals surface area contributed by atoms with Gasteiger partial charge in [0.2, 0.25) is 5.91 Å². The van der Waals surface area contributed by atoms with Gasteiger partial charge in [0.25, 0.3) is 11.8 Å². The molecule has 11 heteroatoms. The van der Waals surface area contributed by atoms with E-state index in [0.29, 0.717) is 61.7 Å². The number of halogens is 1. The summed E-state index contributed by atoms with van der Waals surface area (Å²) >= 11 is 6.20. The first-order valence-electron chi connectivity index (χ1n) is 16.5. The Bertz CT molecular complexity index is 1620. The Balaban J connectivity index is 1.13. The van der Waals surface area contributed by atoms with Crippen molar-refractivity contribution in [2.45, 2.75) is 90.8 Å². The largest absolute Gasteiger partial charge is 0.474 e. The molecule has 3 heterocycles. The van der Waals surface area contributed by atoms with E-state index in [0.717, 1.165) is 27.2 Å². The average Bonchev–Trinajstić information content (AvgIpc) is 3.36. The predicted molar refractivity (Wildman–Crippen MR) is 180 cm³/mol. The number of amides is 3. The average molecular weight is 678 g/mol. The van der Waals surface area contributed by atoms with Gasteiger partial charge in [0.05, 0.1) is 5.92 Å². The van der Waals surface area contributed by atoms with Gasteiger partial charge in [-0.25, -0.2) is 4.90 Å². The number of benzene rings is 2. The highest BCUT2D eigenvalue weighted by Gasteiger charge is 2.43.